The Morgan fingerprint density at radius 2 is 1.41 bits per heavy atom. The Labute approximate surface area is 229 Å². The number of hydrogen-bond acceptors (Lipinski definition) is 6. The highest BCUT2D eigenvalue weighted by molar-refractivity contribution is 6.02. The molecule has 7 heteroatoms. The molecule has 0 saturated carbocycles. The number of benzene rings is 3. The summed E-state index contributed by atoms with van der Waals surface area (Å²) in [5.74, 6) is -2.64. The minimum Gasteiger partial charge on any atom is -0.508 e. The van der Waals surface area contributed by atoms with Crippen LogP contribution in [0, 0.1) is 24.6 Å². The van der Waals surface area contributed by atoms with E-state index in [1.165, 1.54) is 30.3 Å². The van der Waals surface area contributed by atoms with E-state index in [2.05, 4.69) is 9.80 Å². The van der Waals surface area contributed by atoms with Crippen LogP contribution in [0.5, 0.6) is 11.5 Å². The van der Waals surface area contributed by atoms with Crippen LogP contribution in [0.15, 0.2) is 66.7 Å². The highest BCUT2D eigenvalue weighted by Crippen LogP contribution is 2.42. The summed E-state index contributed by atoms with van der Waals surface area (Å²) in [5, 5.41) is 20.2. The molecule has 0 aromatic heterocycles. The number of phenols is 2. The molecule has 0 aliphatic carbocycles. The molecule has 0 radical (unpaired) electrons. The normalized spacial score (nSPS) is 18.4. The van der Waals surface area contributed by atoms with Crippen molar-refractivity contribution in [3.63, 3.8) is 0 Å². The second-order valence-electron chi connectivity index (χ2n) is 10.8. The lowest BCUT2D eigenvalue weighted by Crippen LogP contribution is -2.50. The number of hydrogen-bond donors (Lipinski definition) is 2. The Balaban J connectivity index is 1.79. The number of phenolic OH excluding ortho intramolecular Hbond substituents is 2. The van der Waals surface area contributed by atoms with Crippen LogP contribution < -0.4 is 0 Å². The highest BCUT2D eigenvalue weighted by atomic mass is 19.1. The molecule has 0 bridgehead atoms. The number of carbonyl (C=O) groups excluding carboxylic acids is 2. The number of likely N-dealkylation sites (tertiary alicyclic amines) is 1. The molecule has 0 spiro atoms. The van der Waals surface area contributed by atoms with E-state index in [4.69, 9.17) is 0 Å². The molecule has 1 saturated heterocycles. The van der Waals surface area contributed by atoms with Crippen molar-refractivity contribution in [2.75, 3.05) is 40.3 Å². The fraction of sp³-hybridized carbons (Fsp3) is 0.375. The van der Waals surface area contributed by atoms with Gasteiger partial charge in [0.2, 0.25) is 0 Å². The van der Waals surface area contributed by atoms with Crippen molar-refractivity contribution in [3.05, 3.63) is 94.8 Å². The van der Waals surface area contributed by atoms with Gasteiger partial charge in [0.25, 0.3) is 0 Å². The van der Waals surface area contributed by atoms with Crippen LogP contribution in [-0.4, -0.2) is 71.9 Å². The molecular weight excluding hydrogens is 495 g/mol. The van der Waals surface area contributed by atoms with Gasteiger partial charge < -0.3 is 20.0 Å². The Morgan fingerprint density at radius 1 is 0.872 bits per heavy atom. The van der Waals surface area contributed by atoms with E-state index >= 15 is 0 Å². The molecule has 0 unspecified atom stereocenters. The van der Waals surface area contributed by atoms with Crippen molar-refractivity contribution < 1.29 is 24.2 Å². The molecule has 2 atom stereocenters. The topological polar surface area (TPSA) is 81.1 Å². The van der Waals surface area contributed by atoms with Gasteiger partial charge in [-0.25, -0.2) is 4.39 Å². The summed E-state index contributed by atoms with van der Waals surface area (Å²) in [6.07, 6.45) is 1.88. The maximum absolute atomic E-state index is 14.8. The zero-order valence-corrected chi connectivity index (χ0v) is 22.8. The van der Waals surface area contributed by atoms with Gasteiger partial charge in [0, 0.05) is 42.0 Å². The standard InChI is InChI=1S/C32H37FN2O4/c1-21-26(13-8-14-29(21)33)30-27(31(38)22-9-6-11-24(36)17-22)19-35(16-5-4-15-34(2)3)20-28(30)32(39)23-10-7-12-25(37)18-23/h6-14,17-18,27-28,30,36-37H,4-5,15-16,19-20H2,1-3H3/t27-,28-/m0/s1. The van der Waals surface area contributed by atoms with Gasteiger partial charge in [-0.3, -0.25) is 9.59 Å². The molecule has 1 aliphatic heterocycles. The van der Waals surface area contributed by atoms with Crippen LogP contribution in [0.4, 0.5) is 4.39 Å². The van der Waals surface area contributed by atoms with Gasteiger partial charge >= 0.3 is 0 Å². The van der Waals surface area contributed by atoms with Crippen molar-refractivity contribution in [1.82, 2.24) is 9.80 Å². The van der Waals surface area contributed by atoms with E-state index in [0.717, 1.165) is 25.9 Å². The molecule has 3 aromatic rings. The molecule has 6 nitrogen and oxygen atoms in total. The van der Waals surface area contributed by atoms with Gasteiger partial charge in [0.1, 0.15) is 17.3 Å². The monoisotopic (exact) mass is 532 g/mol. The molecule has 1 heterocycles. The van der Waals surface area contributed by atoms with Crippen molar-refractivity contribution in [2.24, 2.45) is 11.8 Å². The third kappa shape index (κ3) is 6.72. The smallest absolute Gasteiger partial charge is 0.167 e. The zero-order valence-electron chi connectivity index (χ0n) is 22.8. The van der Waals surface area contributed by atoms with Gasteiger partial charge in [0.05, 0.1) is 0 Å². The predicted molar refractivity (Wildman–Crippen MR) is 150 cm³/mol. The number of halogens is 1. The molecule has 2 N–H and O–H groups in total. The summed E-state index contributed by atoms with van der Waals surface area (Å²) in [4.78, 5) is 32.4. The van der Waals surface area contributed by atoms with E-state index in [1.807, 2.05) is 14.1 Å². The van der Waals surface area contributed by atoms with E-state index in [0.29, 0.717) is 35.3 Å². The number of rotatable bonds is 10. The van der Waals surface area contributed by atoms with E-state index < -0.39 is 17.8 Å². The molecule has 206 valence electrons. The Morgan fingerprint density at radius 3 is 1.92 bits per heavy atom. The fourth-order valence-electron chi connectivity index (χ4n) is 5.74. The summed E-state index contributed by atoms with van der Waals surface area (Å²) in [7, 11) is 4.06. The Bertz CT molecular complexity index is 1260. The summed E-state index contributed by atoms with van der Waals surface area (Å²) in [5.41, 5.74) is 1.78. The zero-order chi connectivity index (χ0) is 28.1. The first-order valence-electron chi connectivity index (χ1n) is 13.4. The van der Waals surface area contributed by atoms with Crippen LogP contribution >= 0.6 is 0 Å². The van der Waals surface area contributed by atoms with E-state index in [-0.39, 0.29) is 28.9 Å². The molecule has 3 aromatic carbocycles. The number of ketones is 2. The average Bonchev–Trinajstić information content (AvgIpc) is 2.91. The lowest BCUT2D eigenvalue weighted by atomic mass is 9.67. The summed E-state index contributed by atoms with van der Waals surface area (Å²) in [6.45, 7) is 4.18. The number of carbonyl (C=O) groups is 2. The number of nitrogens with zero attached hydrogens (tertiary/aromatic N) is 2. The van der Waals surface area contributed by atoms with Crippen molar-refractivity contribution >= 4 is 11.6 Å². The van der Waals surface area contributed by atoms with Crippen molar-refractivity contribution in [2.45, 2.75) is 25.7 Å². The molecule has 1 fully saturated rings. The van der Waals surface area contributed by atoms with E-state index in [1.54, 1.807) is 43.3 Å². The van der Waals surface area contributed by atoms with Crippen LogP contribution in [0.25, 0.3) is 0 Å². The average molecular weight is 533 g/mol. The second kappa shape index (κ2) is 12.5. The van der Waals surface area contributed by atoms with Crippen LogP contribution in [-0.2, 0) is 0 Å². The molecule has 4 rings (SSSR count). The first-order valence-corrected chi connectivity index (χ1v) is 13.4. The lowest BCUT2D eigenvalue weighted by molar-refractivity contribution is 0.0567. The maximum Gasteiger partial charge on any atom is 0.167 e. The van der Waals surface area contributed by atoms with E-state index in [9.17, 15) is 24.2 Å². The minimum absolute atomic E-state index is 0.0110. The second-order valence-corrected chi connectivity index (χ2v) is 10.8. The highest BCUT2D eigenvalue weighted by Gasteiger charge is 2.45. The van der Waals surface area contributed by atoms with Gasteiger partial charge in [-0.15, -0.1) is 0 Å². The quantitative estimate of drug-likeness (QED) is 0.273. The first-order chi connectivity index (χ1) is 18.7. The van der Waals surface area contributed by atoms with Crippen LogP contribution in [0.1, 0.15) is 50.6 Å². The third-order valence-electron chi connectivity index (χ3n) is 7.71. The Kier molecular flexibility index (Phi) is 9.15. The third-order valence-corrected chi connectivity index (χ3v) is 7.71. The number of aromatic hydroxyl groups is 2. The van der Waals surface area contributed by atoms with Crippen LogP contribution in [0.2, 0.25) is 0 Å². The SMILES string of the molecule is Cc1c(F)cccc1C1[C@@H](C(=O)c2cccc(O)c2)CN(CCCCN(C)C)C[C@@H]1C(=O)c1cccc(O)c1. The van der Waals surface area contributed by atoms with Gasteiger partial charge in [-0.05, 0) is 88.4 Å². The molecule has 39 heavy (non-hydrogen) atoms. The maximum atomic E-state index is 14.8. The molecule has 0 amide bonds. The summed E-state index contributed by atoms with van der Waals surface area (Å²) in [6, 6.07) is 17.3. The fourth-order valence-corrected chi connectivity index (χ4v) is 5.74. The number of unbranched alkanes of at least 4 members (excludes halogenated alkanes) is 1. The van der Waals surface area contributed by atoms with Crippen molar-refractivity contribution in [1.29, 1.82) is 0 Å². The summed E-state index contributed by atoms with van der Waals surface area (Å²) < 4.78 is 14.8. The lowest BCUT2D eigenvalue weighted by Gasteiger charge is -2.43. The van der Waals surface area contributed by atoms with Crippen LogP contribution in [0.3, 0.4) is 0 Å². The number of piperidine rings is 1. The first kappa shape index (κ1) is 28.5. The summed E-state index contributed by atoms with van der Waals surface area (Å²) >= 11 is 0. The minimum atomic E-state index is -0.638. The largest absolute Gasteiger partial charge is 0.508 e. The van der Waals surface area contributed by atoms with Gasteiger partial charge in [-0.1, -0.05) is 36.4 Å². The van der Waals surface area contributed by atoms with Crippen molar-refractivity contribution in [3.8, 4) is 11.5 Å². The predicted octanol–water partition coefficient (Wildman–Crippen LogP) is 5.28. The molecular formula is C32H37FN2O4. The van der Waals surface area contributed by atoms with Gasteiger partial charge in [0.15, 0.2) is 11.6 Å². The van der Waals surface area contributed by atoms with Gasteiger partial charge in [-0.2, -0.15) is 0 Å². The number of Topliss-reactive ketones (excluding diaryl/α,β-unsaturated/α-hetero) is 2. The molecule has 1 aliphatic rings. The Hall–Kier alpha value is -3.55.